The molecule has 0 amide bonds. The lowest BCUT2D eigenvalue weighted by molar-refractivity contribution is 0.352. The molecule has 0 radical (unpaired) electrons. The van der Waals surface area contributed by atoms with Crippen LogP contribution in [0.2, 0.25) is 0 Å². The molecule has 5 rings (SSSR count). The Morgan fingerprint density at radius 1 is 0.875 bits per heavy atom. The van der Waals surface area contributed by atoms with Gasteiger partial charge in [-0.05, 0) is 76.6 Å². The summed E-state index contributed by atoms with van der Waals surface area (Å²) in [5.74, 6) is 0. The summed E-state index contributed by atoms with van der Waals surface area (Å²) < 4.78 is 4.81. The van der Waals surface area contributed by atoms with Gasteiger partial charge in [-0.2, -0.15) is 9.61 Å². The van der Waals surface area contributed by atoms with Crippen molar-refractivity contribution in [2.45, 2.75) is 92.5 Å². The molecule has 1 aromatic carbocycles. The van der Waals surface area contributed by atoms with Crippen molar-refractivity contribution in [1.82, 2.24) is 19.2 Å². The minimum absolute atomic E-state index is 0.573. The highest BCUT2D eigenvalue weighted by Crippen LogP contribution is 2.38. The quantitative estimate of drug-likeness (QED) is 0.340. The Hall–Kier alpha value is -2.62. The van der Waals surface area contributed by atoms with E-state index in [-0.39, 0.29) is 0 Å². The summed E-state index contributed by atoms with van der Waals surface area (Å²) in [4.78, 5) is 5.15. The van der Waals surface area contributed by atoms with Crippen molar-refractivity contribution in [3.63, 3.8) is 0 Å². The van der Waals surface area contributed by atoms with Crippen molar-refractivity contribution in [3.05, 3.63) is 52.0 Å². The molecule has 0 unspecified atom stereocenters. The highest BCUT2D eigenvalue weighted by Gasteiger charge is 2.26. The molecule has 4 heteroatoms. The van der Waals surface area contributed by atoms with E-state index in [2.05, 4.69) is 68.8 Å². The number of hydrogen-bond donors (Lipinski definition) is 0. The summed E-state index contributed by atoms with van der Waals surface area (Å²) >= 11 is 0. The number of rotatable bonds is 4. The molecule has 0 N–H and O–H groups in total. The molecule has 1 aliphatic rings. The fraction of sp³-hybridized carbons (Fsp3) is 0.500. The van der Waals surface area contributed by atoms with E-state index < -0.39 is 0 Å². The van der Waals surface area contributed by atoms with Crippen LogP contribution in [0.1, 0.15) is 85.3 Å². The van der Waals surface area contributed by atoms with E-state index in [1.807, 2.05) is 0 Å². The van der Waals surface area contributed by atoms with Crippen molar-refractivity contribution in [2.75, 3.05) is 0 Å². The van der Waals surface area contributed by atoms with E-state index in [1.165, 1.54) is 76.6 Å². The normalized spacial score (nSPS) is 15.3. The number of nitrogens with zero attached hydrogens (tertiary/aromatic N) is 4. The van der Waals surface area contributed by atoms with Gasteiger partial charge in [0.15, 0.2) is 5.65 Å². The Morgan fingerprint density at radius 2 is 1.56 bits per heavy atom. The molecule has 168 valence electrons. The number of aryl methyl sites for hydroxylation is 6. The Balaban J connectivity index is 1.86. The van der Waals surface area contributed by atoms with Gasteiger partial charge in [0, 0.05) is 17.1 Å². The van der Waals surface area contributed by atoms with Crippen LogP contribution < -0.4 is 0 Å². The van der Waals surface area contributed by atoms with Crippen molar-refractivity contribution >= 4 is 16.7 Å². The lowest BCUT2D eigenvalue weighted by atomic mass is 9.94. The van der Waals surface area contributed by atoms with Crippen molar-refractivity contribution in [2.24, 2.45) is 0 Å². The highest BCUT2D eigenvalue weighted by atomic mass is 15.3. The van der Waals surface area contributed by atoms with Crippen LogP contribution in [0.25, 0.3) is 27.8 Å². The van der Waals surface area contributed by atoms with Crippen molar-refractivity contribution in [1.29, 1.82) is 0 Å². The minimum Gasteiger partial charge on any atom is -0.326 e. The molecule has 0 atom stereocenters. The largest absolute Gasteiger partial charge is 0.326 e. The third-order valence-corrected chi connectivity index (χ3v) is 7.36. The lowest BCUT2D eigenvalue weighted by Gasteiger charge is -2.26. The van der Waals surface area contributed by atoms with Crippen LogP contribution in [-0.2, 0) is 6.42 Å². The first-order valence-electron chi connectivity index (χ1n) is 12.4. The average molecular weight is 429 g/mol. The molecular formula is C28H36N4. The lowest BCUT2D eigenvalue weighted by Crippen LogP contribution is -2.17. The summed E-state index contributed by atoms with van der Waals surface area (Å²) in [5, 5.41) is 6.39. The highest BCUT2D eigenvalue weighted by molar-refractivity contribution is 5.90. The molecule has 1 aliphatic carbocycles. The van der Waals surface area contributed by atoms with Gasteiger partial charge in [0.25, 0.3) is 0 Å². The first-order chi connectivity index (χ1) is 15.4. The van der Waals surface area contributed by atoms with Crippen LogP contribution >= 0.6 is 0 Å². The number of fused-ring (bicyclic) bond motifs is 3. The molecule has 1 saturated carbocycles. The van der Waals surface area contributed by atoms with Crippen LogP contribution in [0.5, 0.6) is 0 Å². The van der Waals surface area contributed by atoms with Crippen LogP contribution in [0.15, 0.2) is 18.2 Å². The first-order valence-corrected chi connectivity index (χ1v) is 12.4. The van der Waals surface area contributed by atoms with Gasteiger partial charge in [-0.25, -0.2) is 4.98 Å². The molecule has 1 fully saturated rings. The number of benzene rings is 1. The Morgan fingerprint density at radius 3 is 2.22 bits per heavy atom. The number of hydrogen-bond acceptors (Lipinski definition) is 2. The predicted molar refractivity (Wildman–Crippen MR) is 134 cm³/mol. The number of aromatic nitrogens is 4. The SMILES string of the molecule is CCCc1cc2c(C)nc3c(-c4c(C)cc(C)cc4C)c(C)nn3c2n1C1CCCCC1. The van der Waals surface area contributed by atoms with E-state index in [4.69, 9.17) is 10.1 Å². The van der Waals surface area contributed by atoms with E-state index >= 15 is 0 Å². The van der Waals surface area contributed by atoms with Gasteiger partial charge >= 0.3 is 0 Å². The molecule has 32 heavy (non-hydrogen) atoms. The topological polar surface area (TPSA) is 35.1 Å². The van der Waals surface area contributed by atoms with Crippen LogP contribution in [0.4, 0.5) is 0 Å². The third-order valence-electron chi connectivity index (χ3n) is 7.36. The summed E-state index contributed by atoms with van der Waals surface area (Å²) in [7, 11) is 0. The molecule has 0 spiro atoms. The zero-order valence-electron chi connectivity index (χ0n) is 20.5. The Kier molecular flexibility index (Phi) is 5.35. The van der Waals surface area contributed by atoms with E-state index in [1.54, 1.807) is 0 Å². The van der Waals surface area contributed by atoms with Crippen LogP contribution in [0.3, 0.4) is 0 Å². The molecule has 4 aromatic rings. The second-order valence-corrected chi connectivity index (χ2v) is 9.95. The molecule has 0 saturated heterocycles. The predicted octanol–water partition coefficient (Wildman–Crippen LogP) is 7.35. The molecule has 0 aliphatic heterocycles. The zero-order chi connectivity index (χ0) is 22.6. The molecule has 4 nitrogen and oxygen atoms in total. The third kappa shape index (κ3) is 3.27. The van der Waals surface area contributed by atoms with E-state index in [9.17, 15) is 0 Å². The zero-order valence-corrected chi connectivity index (χ0v) is 20.5. The maximum atomic E-state index is 5.15. The van der Waals surface area contributed by atoms with Gasteiger partial charge in [0.2, 0.25) is 0 Å². The maximum absolute atomic E-state index is 5.15. The fourth-order valence-electron chi connectivity index (χ4n) is 6.10. The monoisotopic (exact) mass is 428 g/mol. The van der Waals surface area contributed by atoms with Crippen LogP contribution in [0, 0.1) is 34.6 Å². The summed E-state index contributed by atoms with van der Waals surface area (Å²) in [6.07, 6.45) is 8.83. The minimum atomic E-state index is 0.573. The summed E-state index contributed by atoms with van der Waals surface area (Å²) in [6.45, 7) is 13.2. The summed E-state index contributed by atoms with van der Waals surface area (Å²) in [5.41, 5.74) is 12.3. The molecule has 3 heterocycles. The van der Waals surface area contributed by atoms with Crippen molar-refractivity contribution in [3.8, 4) is 11.1 Å². The van der Waals surface area contributed by atoms with Gasteiger partial charge < -0.3 is 4.57 Å². The molecular weight excluding hydrogens is 392 g/mol. The second-order valence-electron chi connectivity index (χ2n) is 9.95. The summed E-state index contributed by atoms with van der Waals surface area (Å²) in [6, 6.07) is 7.53. The van der Waals surface area contributed by atoms with Gasteiger partial charge in [0.05, 0.1) is 17.0 Å². The van der Waals surface area contributed by atoms with Gasteiger partial charge in [0.1, 0.15) is 5.65 Å². The smallest absolute Gasteiger partial charge is 0.165 e. The fourth-order valence-corrected chi connectivity index (χ4v) is 6.10. The first kappa shape index (κ1) is 21.2. The molecule has 3 aromatic heterocycles. The maximum Gasteiger partial charge on any atom is 0.165 e. The van der Waals surface area contributed by atoms with E-state index in [0.29, 0.717) is 6.04 Å². The second kappa shape index (κ2) is 8.06. The average Bonchev–Trinajstić information content (AvgIpc) is 3.27. The van der Waals surface area contributed by atoms with Gasteiger partial charge in [-0.3, -0.25) is 0 Å². The van der Waals surface area contributed by atoms with Gasteiger partial charge in [-0.15, -0.1) is 0 Å². The van der Waals surface area contributed by atoms with E-state index in [0.717, 1.165) is 29.9 Å². The Labute approximate surface area is 191 Å². The molecule has 0 bridgehead atoms. The van der Waals surface area contributed by atoms with Crippen LogP contribution in [-0.4, -0.2) is 19.2 Å². The Bertz CT molecular complexity index is 1290. The standard InChI is InChI=1S/C28H36N4/c1-7-11-23-16-24-20(5)29-27-26(25-18(3)14-17(2)15-19(25)4)21(6)30-32(27)28(24)31(23)22-12-9-8-10-13-22/h14-16,22H,7-13H2,1-6H3. The van der Waals surface area contributed by atoms with Crippen molar-refractivity contribution < 1.29 is 0 Å². The van der Waals surface area contributed by atoms with Gasteiger partial charge in [-0.1, -0.05) is 50.3 Å².